The van der Waals surface area contributed by atoms with E-state index in [-0.39, 0.29) is 10.8 Å². The summed E-state index contributed by atoms with van der Waals surface area (Å²) in [6.07, 6.45) is 0. The van der Waals surface area contributed by atoms with Crippen LogP contribution in [0.15, 0.2) is 77.7 Å². The summed E-state index contributed by atoms with van der Waals surface area (Å²) in [7, 11) is -3.70. The highest BCUT2D eigenvalue weighted by Gasteiger charge is 2.15. The van der Waals surface area contributed by atoms with Gasteiger partial charge in [-0.25, -0.2) is 8.42 Å². The third kappa shape index (κ3) is 4.86. The van der Waals surface area contributed by atoms with Gasteiger partial charge >= 0.3 is 0 Å². The first kappa shape index (κ1) is 19.4. The van der Waals surface area contributed by atoms with E-state index in [0.717, 1.165) is 9.13 Å². The lowest BCUT2D eigenvalue weighted by molar-refractivity contribution is 0.102. The Labute approximate surface area is 172 Å². The number of aryl methyl sites for hydroxylation is 1. The first-order valence-corrected chi connectivity index (χ1v) is 10.7. The number of carbonyl (C=O) groups is 1. The van der Waals surface area contributed by atoms with Gasteiger partial charge in [0, 0.05) is 14.8 Å². The van der Waals surface area contributed by atoms with Crippen molar-refractivity contribution in [1.82, 2.24) is 0 Å². The standard InChI is InChI=1S/C20H17IN2O3S/c1-14-5-2-3-8-19(14)23-27(25,26)18-11-9-17(10-12-18)22-20(24)15-6-4-7-16(21)13-15/h2-13,23H,1H3,(H,22,24). The molecule has 3 rings (SSSR count). The number of carbonyl (C=O) groups excluding carboxylic acids is 1. The first-order chi connectivity index (χ1) is 12.8. The van der Waals surface area contributed by atoms with Crippen molar-refractivity contribution in [2.75, 3.05) is 10.0 Å². The molecule has 0 aliphatic carbocycles. The number of hydrogen-bond donors (Lipinski definition) is 2. The number of nitrogens with one attached hydrogen (secondary N) is 2. The van der Waals surface area contributed by atoms with Crippen molar-refractivity contribution in [3.63, 3.8) is 0 Å². The van der Waals surface area contributed by atoms with E-state index in [2.05, 4.69) is 32.6 Å². The molecule has 0 atom stereocenters. The SMILES string of the molecule is Cc1ccccc1NS(=O)(=O)c1ccc(NC(=O)c2cccc(I)c2)cc1. The molecule has 0 spiro atoms. The Balaban J connectivity index is 1.75. The normalized spacial score (nSPS) is 11.0. The van der Waals surface area contributed by atoms with Crippen LogP contribution in [0.1, 0.15) is 15.9 Å². The summed E-state index contributed by atoms with van der Waals surface area (Å²) in [5, 5.41) is 2.77. The predicted molar refractivity (Wildman–Crippen MR) is 116 cm³/mol. The fourth-order valence-electron chi connectivity index (χ4n) is 2.44. The van der Waals surface area contributed by atoms with Gasteiger partial charge in [0.1, 0.15) is 0 Å². The van der Waals surface area contributed by atoms with Crippen molar-refractivity contribution >= 4 is 49.9 Å². The molecule has 2 N–H and O–H groups in total. The van der Waals surface area contributed by atoms with E-state index in [1.54, 1.807) is 36.4 Å². The Kier molecular flexibility index (Phi) is 5.81. The smallest absolute Gasteiger partial charge is 0.261 e. The van der Waals surface area contributed by atoms with Crippen molar-refractivity contribution < 1.29 is 13.2 Å². The van der Waals surface area contributed by atoms with Crippen LogP contribution >= 0.6 is 22.6 Å². The van der Waals surface area contributed by atoms with Gasteiger partial charge in [0.15, 0.2) is 0 Å². The first-order valence-electron chi connectivity index (χ1n) is 8.10. The zero-order chi connectivity index (χ0) is 19.4. The Morgan fingerprint density at radius 2 is 1.63 bits per heavy atom. The summed E-state index contributed by atoms with van der Waals surface area (Å²) in [5.74, 6) is -0.248. The van der Waals surface area contributed by atoms with E-state index in [0.29, 0.717) is 16.9 Å². The zero-order valence-corrected chi connectivity index (χ0v) is 17.4. The van der Waals surface area contributed by atoms with E-state index in [9.17, 15) is 13.2 Å². The third-order valence-corrected chi connectivity index (χ3v) is 5.95. The number of para-hydroxylation sites is 1. The summed E-state index contributed by atoms with van der Waals surface area (Å²) in [6, 6.07) is 20.4. The number of halogens is 1. The second-order valence-corrected chi connectivity index (χ2v) is 8.84. The van der Waals surface area contributed by atoms with Crippen molar-refractivity contribution in [3.8, 4) is 0 Å². The molecule has 0 saturated carbocycles. The molecule has 0 bridgehead atoms. The highest BCUT2D eigenvalue weighted by Crippen LogP contribution is 2.21. The zero-order valence-electron chi connectivity index (χ0n) is 14.4. The molecule has 0 radical (unpaired) electrons. The molecule has 0 heterocycles. The van der Waals surface area contributed by atoms with Gasteiger partial charge in [-0.2, -0.15) is 0 Å². The average molecular weight is 492 g/mol. The van der Waals surface area contributed by atoms with E-state index < -0.39 is 10.0 Å². The minimum Gasteiger partial charge on any atom is -0.322 e. The molecular formula is C20H17IN2O3S. The highest BCUT2D eigenvalue weighted by atomic mass is 127. The molecular weight excluding hydrogens is 475 g/mol. The van der Waals surface area contributed by atoms with Gasteiger partial charge in [-0.15, -0.1) is 0 Å². The van der Waals surface area contributed by atoms with Gasteiger partial charge in [0.2, 0.25) is 0 Å². The Bertz CT molecular complexity index is 1080. The van der Waals surface area contributed by atoms with Gasteiger partial charge in [-0.1, -0.05) is 24.3 Å². The number of hydrogen-bond acceptors (Lipinski definition) is 3. The van der Waals surface area contributed by atoms with Crippen LogP contribution in [0.2, 0.25) is 0 Å². The largest absolute Gasteiger partial charge is 0.322 e. The molecule has 27 heavy (non-hydrogen) atoms. The number of anilines is 2. The number of sulfonamides is 1. The molecule has 5 nitrogen and oxygen atoms in total. The van der Waals surface area contributed by atoms with Gasteiger partial charge in [0.05, 0.1) is 10.6 Å². The van der Waals surface area contributed by atoms with Gasteiger partial charge in [-0.05, 0) is 83.6 Å². The van der Waals surface area contributed by atoms with Crippen LogP contribution in [0.25, 0.3) is 0 Å². The van der Waals surface area contributed by atoms with Crippen LogP contribution in [-0.4, -0.2) is 14.3 Å². The topological polar surface area (TPSA) is 75.3 Å². The summed E-state index contributed by atoms with van der Waals surface area (Å²) in [6.45, 7) is 1.83. The quantitative estimate of drug-likeness (QED) is 0.510. The third-order valence-electron chi connectivity index (χ3n) is 3.90. The number of amides is 1. The van der Waals surface area contributed by atoms with Crippen molar-refractivity contribution in [2.24, 2.45) is 0 Å². The average Bonchev–Trinajstić information content (AvgIpc) is 2.64. The summed E-state index contributed by atoms with van der Waals surface area (Å²) in [5.41, 5.74) is 2.43. The fourth-order valence-corrected chi connectivity index (χ4v) is 4.12. The van der Waals surface area contributed by atoms with Gasteiger partial charge in [0.25, 0.3) is 15.9 Å². The van der Waals surface area contributed by atoms with Crippen molar-refractivity contribution in [1.29, 1.82) is 0 Å². The molecule has 3 aromatic carbocycles. The molecule has 0 saturated heterocycles. The van der Waals surface area contributed by atoms with E-state index >= 15 is 0 Å². The predicted octanol–water partition coefficient (Wildman–Crippen LogP) is 4.65. The lowest BCUT2D eigenvalue weighted by Crippen LogP contribution is -2.14. The molecule has 0 aliphatic rings. The Hall–Kier alpha value is -2.39. The molecule has 0 unspecified atom stereocenters. The van der Waals surface area contributed by atoms with E-state index in [4.69, 9.17) is 0 Å². The number of benzene rings is 3. The molecule has 0 fully saturated rings. The van der Waals surface area contributed by atoms with Crippen molar-refractivity contribution in [3.05, 3.63) is 87.5 Å². The maximum atomic E-state index is 12.5. The summed E-state index contributed by atoms with van der Waals surface area (Å²) in [4.78, 5) is 12.4. The molecule has 7 heteroatoms. The van der Waals surface area contributed by atoms with Crippen LogP contribution in [0.3, 0.4) is 0 Å². The second-order valence-electron chi connectivity index (χ2n) is 5.91. The second kappa shape index (κ2) is 8.10. The molecule has 0 aliphatic heterocycles. The minimum absolute atomic E-state index is 0.123. The van der Waals surface area contributed by atoms with E-state index in [1.807, 2.05) is 31.2 Å². The highest BCUT2D eigenvalue weighted by molar-refractivity contribution is 14.1. The monoisotopic (exact) mass is 492 g/mol. The maximum absolute atomic E-state index is 12.5. The van der Waals surface area contributed by atoms with Crippen molar-refractivity contribution in [2.45, 2.75) is 11.8 Å². The van der Waals surface area contributed by atoms with Crippen LogP contribution in [0, 0.1) is 10.5 Å². The Morgan fingerprint density at radius 1 is 0.926 bits per heavy atom. The van der Waals surface area contributed by atoms with Gasteiger partial charge < -0.3 is 5.32 Å². The fraction of sp³-hybridized carbons (Fsp3) is 0.0500. The Morgan fingerprint density at radius 3 is 2.30 bits per heavy atom. The summed E-state index contributed by atoms with van der Waals surface area (Å²) < 4.78 is 28.6. The van der Waals surface area contributed by atoms with Crippen LogP contribution in [-0.2, 0) is 10.0 Å². The number of rotatable bonds is 5. The maximum Gasteiger partial charge on any atom is 0.261 e. The van der Waals surface area contributed by atoms with E-state index in [1.165, 1.54) is 12.1 Å². The van der Waals surface area contributed by atoms with Crippen LogP contribution in [0.4, 0.5) is 11.4 Å². The molecule has 1 amide bonds. The molecule has 3 aromatic rings. The molecule has 138 valence electrons. The van der Waals surface area contributed by atoms with Crippen LogP contribution < -0.4 is 10.0 Å². The van der Waals surface area contributed by atoms with Gasteiger partial charge in [-0.3, -0.25) is 9.52 Å². The molecule has 0 aromatic heterocycles. The minimum atomic E-state index is -3.70. The lowest BCUT2D eigenvalue weighted by Gasteiger charge is -2.11. The summed E-state index contributed by atoms with van der Waals surface area (Å²) >= 11 is 2.14. The lowest BCUT2D eigenvalue weighted by atomic mass is 10.2. The van der Waals surface area contributed by atoms with Crippen LogP contribution in [0.5, 0.6) is 0 Å².